The van der Waals surface area contributed by atoms with Gasteiger partial charge in [0.05, 0.1) is 0 Å². The Bertz CT molecular complexity index is 3160. The summed E-state index contributed by atoms with van der Waals surface area (Å²) in [6.45, 7) is 34.1. The van der Waals surface area contributed by atoms with Gasteiger partial charge in [0, 0.05) is 55.7 Å². The second-order valence-electron chi connectivity index (χ2n) is 23.3. The predicted octanol–water partition coefficient (Wildman–Crippen LogP) is 16.5. The third-order valence-corrected chi connectivity index (χ3v) is 13.6. The Kier molecular flexibility index (Phi) is 13.0. The van der Waals surface area contributed by atoms with Gasteiger partial charge in [-0.05, 0) is 96.8 Å². The minimum absolute atomic E-state index is 0. The smallest absolute Gasteiger partial charge is 0.135 e. The molecule has 358 valence electrons. The number of nitrogens with zero attached hydrogens (tertiary/aromatic N) is 4. The van der Waals surface area contributed by atoms with E-state index in [-0.39, 0.29) is 48.1 Å². The zero-order chi connectivity index (χ0) is 48.6. The van der Waals surface area contributed by atoms with Crippen LogP contribution in [0.1, 0.15) is 136 Å². The minimum Gasteiger partial charge on any atom is -0.509 e. The summed E-state index contributed by atoms with van der Waals surface area (Å²) in [7, 11) is 0. The molecule has 8 aromatic rings. The van der Waals surface area contributed by atoms with E-state index in [1.165, 1.54) is 27.8 Å². The summed E-state index contributed by atoms with van der Waals surface area (Å²) in [6, 6.07) is 55.7. The van der Waals surface area contributed by atoms with Gasteiger partial charge >= 0.3 is 0 Å². The molecule has 0 saturated carbocycles. The van der Waals surface area contributed by atoms with Crippen molar-refractivity contribution in [1.29, 1.82) is 0 Å². The molecule has 1 aliphatic heterocycles. The van der Waals surface area contributed by atoms with Crippen LogP contribution in [0.4, 0.5) is 11.4 Å². The van der Waals surface area contributed by atoms with Crippen molar-refractivity contribution in [2.24, 2.45) is 0 Å². The van der Waals surface area contributed by atoms with E-state index in [0.717, 1.165) is 55.8 Å². The Morgan fingerprint density at radius 1 is 0.536 bits per heavy atom. The van der Waals surface area contributed by atoms with Gasteiger partial charge in [0.25, 0.3) is 0 Å². The number of benzene rings is 6. The molecule has 1 aliphatic rings. The Hall–Kier alpha value is -5.90. The summed E-state index contributed by atoms with van der Waals surface area (Å²) in [6.07, 6.45) is 4.16. The Morgan fingerprint density at radius 2 is 1.13 bits per heavy atom. The number of anilines is 2. The average molecular weight is 1090 g/mol. The second-order valence-corrected chi connectivity index (χ2v) is 23.3. The van der Waals surface area contributed by atoms with Crippen LogP contribution in [0.5, 0.6) is 11.5 Å². The van der Waals surface area contributed by atoms with Crippen molar-refractivity contribution in [3.8, 4) is 17.3 Å². The molecule has 0 unspecified atom stereocenters. The molecule has 6 aromatic carbocycles. The van der Waals surface area contributed by atoms with Crippen molar-refractivity contribution in [1.82, 2.24) is 9.55 Å². The van der Waals surface area contributed by atoms with Gasteiger partial charge in [-0.1, -0.05) is 193 Å². The van der Waals surface area contributed by atoms with Crippen molar-refractivity contribution in [2.45, 2.75) is 124 Å². The number of hydrogen-bond donors (Lipinski definition) is 0. The molecule has 3 heterocycles. The molecule has 0 bridgehead atoms. The summed E-state index contributed by atoms with van der Waals surface area (Å²) in [5.41, 5.74) is 12.8. The first-order valence-corrected chi connectivity index (χ1v) is 24.1. The van der Waals surface area contributed by atoms with Gasteiger partial charge in [0.1, 0.15) is 5.82 Å². The number of aromatic nitrogens is 2. The topological polar surface area (TPSA) is 33.5 Å². The van der Waals surface area contributed by atoms with Crippen LogP contribution in [0.3, 0.4) is 0 Å². The van der Waals surface area contributed by atoms with E-state index >= 15 is 0 Å². The molecular formula is C63H67N4OPt-3. The molecule has 0 spiro atoms. The fourth-order valence-electron chi connectivity index (χ4n) is 9.29. The van der Waals surface area contributed by atoms with E-state index in [2.05, 4.69) is 270 Å². The van der Waals surface area contributed by atoms with Gasteiger partial charge in [0.2, 0.25) is 0 Å². The SMILES string of the molecule is CC(C)(C)c1cc(N2[CH-]N(c3[c-]c(Oc4[c-]c5c(c(C(C)(C)C)c4)c4ccccc4n5-c4cc(C(C)(C)C)ccn4)cc(C(C)(C)c4ccccc4)c3)C=C2c2ccccc2)cc(C(C)(C)C)c1.[Pt]. The third kappa shape index (κ3) is 9.82. The second kappa shape index (κ2) is 18.1. The maximum atomic E-state index is 7.17. The maximum absolute atomic E-state index is 7.17. The van der Waals surface area contributed by atoms with Crippen LogP contribution < -0.4 is 14.5 Å². The van der Waals surface area contributed by atoms with Crippen molar-refractivity contribution in [2.75, 3.05) is 9.80 Å². The van der Waals surface area contributed by atoms with Crippen LogP contribution in [0.15, 0.2) is 146 Å². The van der Waals surface area contributed by atoms with Gasteiger partial charge in [-0.15, -0.1) is 53.8 Å². The largest absolute Gasteiger partial charge is 0.509 e. The van der Waals surface area contributed by atoms with Crippen molar-refractivity contribution >= 4 is 38.9 Å². The quantitative estimate of drug-likeness (QED) is 0.142. The molecule has 0 aliphatic carbocycles. The number of para-hydroxylation sites is 1. The number of rotatable bonds is 8. The zero-order valence-corrected chi connectivity index (χ0v) is 45.2. The minimum atomic E-state index is -0.377. The van der Waals surface area contributed by atoms with E-state index in [4.69, 9.17) is 9.72 Å². The number of ether oxygens (including phenoxy) is 1. The Labute approximate surface area is 426 Å². The molecule has 2 aromatic heterocycles. The first-order chi connectivity index (χ1) is 32.0. The number of fused-ring (bicyclic) bond motifs is 3. The fraction of sp³-hybridized carbons (Fsp3) is 0.302. The summed E-state index contributed by atoms with van der Waals surface area (Å²) < 4.78 is 9.43. The van der Waals surface area contributed by atoms with Gasteiger partial charge < -0.3 is 19.1 Å². The number of pyridine rings is 1. The van der Waals surface area contributed by atoms with Crippen LogP contribution >= 0.6 is 0 Å². The van der Waals surface area contributed by atoms with Crippen LogP contribution in [-0.4, -0.2) is 9.55 Å². The van der Waals surface area contributed by atoms with Crippen molar-refractivity contribution in [3.05, 3.63) is 204 Å². The van der Waals surface area contributed by atoms with Crippen LogP contribution in [-0.2, 0) is 48.1 Å². The Morgan fingerprint density at radius 3 is 1.75 bits per heavy atom. The van der Waals surface area contributed by atoms with E-state index < -0.39 is 0 Å². The standard InChI is InChI=1S/C63H67N4O.Pt/c1-59(2,3)44-29-30-64-57(36-44)67-54-28-22-21-27-52(54)58-53(62(10,11)12)38-51(39-55(58)67)68-50-35-47(63(13,14)43-25-19-16-20-26-43)34-48(37-50)65-40-56(42-23-17-15-18-24-42)66(41-65)49-32-45(60(4,5)6)31-46(33-49)61(7,8)9;/h15-36,38,40-41H,1-14H3;/q-3;. The average Bonchev–Trinajstić information content (AvgIpc) is 3.89. The molecule has 0 fully saturated rings. The van der Waals surface area contributed by atoms with Crippen LogP contribution in [0.2, 0.25) is 0 Å². The summed E-state index contributed by atoms with van der Waals surface area (Å²) in [4.78, 5) is 9.53. The van der Waals surface area contributed by atoms with E-state index in [9.17, 15) is 0 Å². The van der Waals surface area contributed by atoms with Crippen molar-refractivity contribution in [3.63, 3.8) is 0 Å². The van der Waals surface area contributed by atoms with Gasteiger partial charge in [-0.2, -0.15) is 0 Å². The molecule has 0 N–H and O–H groups in total. The van der Waals surface area contributed by atoms with Crippen molar-refractivity contribution < 1.29 is 25.8 Å². The predicted molar refractivity (Wildman–Crippen MR) is 286 cm³/mol. The van der Waals surface area contributed by atoms with Crippen LogP contribution in [0.25, 0.3) is 33.3 Å². The molecule has 0 radical (unpaired) electrons. The summed E-state index contributed by atoms with van der Waals surface area (Å²) in [5, 5.41) is 2.32. The van der Waals surface area contributed by atoms with Gasteiger partial charge in [-0.3, -0.25) is 0 Å². The van der Waals surface area contributed by atoms with E-state index in [1.54, 1.807) is 0 Å². The molecule has 0 amide bonds. The molecule has 69 heavy (non-hydrogen) atoms. The summed E-state index contributed by atoms with van der Waals surface area (Å²) in [5.74, 6) is 2.09. The third-order valence-electron chi connectivity index (χ3n) is 13.6. The first kappa shape index (κ1) is 49.5. The van der Waals surface area contributed by atoms with Crippen LogP contribution in [0, 0.1) is 18.8 Å². The fourth-order valence-corrected chi connectivity index (χ4v) is 9.29. The normalized spacial score (nSPS) is 13.8. The Balaban J connectivity index is 0.00000642. The number of hydrogen-bond acceptors (Lipinski definition) is 4. The molecule has 9 rings (SSSR count). The van der Waals surface area contributed by atoms with Gasteiger partial charge in [-0.25, -0.2) is 4.98 Å². The van der Waals surface area contributed by atoms with Gasteiger partial charge in [0.15, 0.2) is 0 Å². The molecule has 0 saturated heterocycles. The van der Waals surface area contributed by atoms with E-state index in [0.29, 0.717) is 11.5 Å². The zero-order valence-electron chi connectivity index (χ0n) is 42.9. The summed E-state index contributed by atoms with van der Waals surface area (Å²) >= 11 is 0. The van der Waals surface area contributed by atoms with E-state index in [1.807, 2.05) is 6.20 Å². The molecular weight excluding hydrogens is 1020 g/mol. The molecule has 5 nitrogen and oxygen atoms in total. The monoisotopic (exact) mass is 1090 g/mol. The molecule has 6 heteroatoms. The maximum Gasteiger partial charge on any atom is 0.135 e. The molecule has 0 atom stereocenters. The first-order valence-electron chi connectivity index (χ1n) is 24.1.